The summed E-state index contributed by atoms with van der Waals surface area (Å²) in [5.74, 6) is 0. The lowest BCUT2D eigenvalue weighted by atomic mass is 10.0. The molecule has 0 aliphatic carbocycles. The second-order valence-electron chi connectivity index (χ2n) is 4.95. The lowest BCUT2D eigenvalue weighted by molar-refractivity contribution is -0.0875. The standard InChI is InChI=1S/C16H17F3N2O2/c1-3-12(13(4-2)16(17,18)19)14-9-11(10-15(22)20-14)21-5-7-23-8-6-21/h3-4,9-10H,1-2,5-8H2,(H,20,22)/b13-12-. The van der Waals surface area contributed by atoms with Gasteiger partial charge in [-0.3, -0.25) is 4.79 Å². The largest absolute Gasteiger partial charge is 0.417 e. The summed E-state index contributed by atoms with van der Waals surface area (Å²) in [6.45, 7) is 8.80. The van der Waals surface area contributed by atoms with Crippen LogP contribution in [-0.4, -0.2) is 37.5 Å². The van der Waals surface area contributed by atoms with Crippen LogP contribution < -0.4 is 10.5 Å². The highest BCUT2D eigenvalue weighted by molar-refractivity contribution is 5.78. The van der Waals surface area contributed by atoms with Crippen molar-refractivity contribution in [1.29, 1.82) is 0 Å². The Morgan fingerprint density at radius 3 is 2.39 bits per heavy atom. The van der Waals surface area contributed by atoms with E-state index in [2.05, 4.69) is 18.1 Å². The number of nitrogens with one attached hydrogen (secondary N) is 1. The smallest absolute Gasteiger partial charge is 0.378 e. The summed E-state index contributed by atoms with van der Waals surface area (Å²) in [7, 11) is 0. The Bertz CT molecular complexity index is 683. The maximum absolute atomic E-state index is 13.1. The van der Waals surface area contributed by atoms with Gasteiger partial charge in [0.1, 0.15) is 0 Å². The number of alkyl halides is 3. The molecule has 23 heavy (non-hydrogen) atoms. The molecule has 1 N–H and O–H groups in total. The van der Waals surface area contributed by atoms with Crippen molar-refractivity contribution >= 4 is 11.3 Å². The minimum atomic E-state index is -4.59. The van der Waals surface area contributed by atoms with Gasteiger partial charge in [0.05, 0.1) is 24.5 Å². The monoisotopic (exact) mass is 326 g/mol. The predicted molar refractivity (Wildman–Crippen MR) is 83.5 cm³/mol. The fraction of sp³-hybridized carbons (Fsp3) is 0.312. The van der Waals surface area contributed by atoms with Gasteiger partial charge in [-0.15, -0.1) is 0 Å². The molecule has 0 radical (unpaired) electrons. The van der Waals surface area contributed by atoms with E-state index >= 15 is 0 Å². The van der Waals surface area contributed by atoms with Gasteiger partial charge in [0.15, 0.2) is 0 Å². The molecule has 4 nitrogen and oxygen atoms in total. The fourth-order valence-corrected chi connectivity index (χ4v) is 2.42. The molecule has 1 saturated heterocycles. The number of ether oxygens (including phenoxy) is 1. The molecule has 124 valence electrons. The third-order valence-corrected chi connectivity index (χ3v) is 3.50. The summed E-state index contributed by atoms with van der Waals surface area (Å²) in [4.78, 5) is 16.2. The zero-order valence-electron chi connectivity index (χ0n) is 12.4. The van der Waals surface area contributed by atoms with Gasteiger partial charge in [0.2, 0.25) is 5.56 Å². The van der Waals surface area contributed by atoms with Crippen molar-refractivity contribution in [1.82, 2.24) is 4.98 Å². The Labute approximate surface area is 131 Å². The first-order chi connectivity index (χ1) is 10.9. The summed E-state index contributed by atoms with van der Waals surface area (Å²) in [5, 5.41) is 0. The maximum atomic E-state index is 13.1. The van der Waals surface area contributed by atoms with Crippen molar-refractivity contribution in [2.45, 2.75) is 6.18 Å². The SMILES string of the molecule is C=C/C(=C(\C=C)C(F)(F)F)c1cc(N2CCOCC2)cc(=O)[nH]1. The summed E-state index contributed by atoms with van der Waals surface area (Å²) in [6, 6.07) is 2.87. The van der Waals surface area contributed by atoms with E-state index in [4.69, 9.17) is 4.74 Å². The molecule has 7 heteroatoms. The van der Waals surface area contributed by atoms with Gasteiger partial charge in [-0.1, -0.05) is 25.3 Å². The number of hydrogen-bond donors (Lipinski definition) is 1. The summed E-state index contributed by atoms with van der Waals surface area (Å²) in [5.41, 5.74) is -1.02. The van der Waals surface area contributed by atoms with Crippen LogP contribution >= 0.6 is 0 Å². The molecule has 0 saturated carbocycles. The number of allylic oxidation sites excluding steroid dienone is 4. The van der Waals surface area contributed by atoms with Gasteiger partial charge < -0.3 is 14.6 Å². The number of rotatable bonds is 4. The van der Waals surface area contributed by atoms with Crippen LogP contribution in [0.3, 0.4) is 0 Å². The lowest BCUT2D eigenvalue weighted by Gasteiger charge is -2.29. The zero-order valence-corrected chi connectivity index (χ0v) is 12.4. The van der Waals surface area contributed by atoms with Crippen molar-refractivity contribution in [2.24, 2.45) is 0 Å². The molecule has 1 aromatic rings. The number of aromatic amines is 1. The molecule has 0 atom stereocenters. The molecule has 2 heterocycles. The highest BCUT2D eigenvalue weighted by Gasteiger charge is 2.34. The first-order valence-electron chi connectivity index (χ1n) is 7.00. The zero-order chi connectivity index (χ0) is 17.0. The minimum Gasteiger partial charge on any atom is -0.378 e. The van der Waals surface area contributed by atoms with Crippen LogP contribution in [0, 0.1) is 0 Å². The Kier molecular flexibility index (Phi) is 5.10. The number of pyridine rings is 1. The first kappa shape index (κ1) is 17.1. The number of anilines is 1. The highest BCUT2D eigenvalue weighted by Crippen LogP contribution is 2.33. The number of H-pyrrole nitrogens is 1. The molecule has 1 fully saturated rings. The van der Waals surface area contributed by atoms with Gasteiger partial charge >= 0.3 is 6.18 Å². The van der Waals surface area contributed by atoms with Crippen molar-refractivity contribution in [3.05, 3.63) is 59.1 Å². The van der Waals surface area contributed by atoms with Gasteiger partial charge in [-0.2, -0.15) is 13.2 Å². The third-order valence-electron chi connectivity index (χ3n) is 3.50. The number of aromatic nitrogens is 1. The molecule has 0 unspecified atom stereocenters. The molecule has 0 bridgehead atoms. The second kappa shape index (κ2) is 6.87. The Morgan fingerprint density at radius 2 is 1.87 bits per heavy atom. The molecule has 0 amide bonds. The van der Waals surface area contributed by atoms with E-state index in [1.54, 1.807) is 0 Å². The lowest BCUT2D eigenvalue weighted by Crippen LogP contribution is -2.36. The van der Waals surface area contributed by atoms with Crippen LogP contribution in [0.1, 0.15) is 5.69 Å². The first-order valence-corrected chi connectivity index (χ1v) is 7.00. The van der Waals surface area contributed by atoms with Crippen LogP contribution in [0.15, 0.2) is 47.8 Å². The molecular formula is C16H17F3N2O2. The maximum Gasteiger partial charge on any atom is 0.417 e. The van der Waals surface area contributed by atoms with Crippen molar-refractivity contribution < 1.29 is 17.9 Å². The molecule has 0 aromatic carbocycles. The van der Waals surface area contributed by atoms with Crippen LogP contribution in [0.2, 0.25) is 0 Å². The van der Waals surface area contributed by atoms with E-state index < -0.39 is 17.3 Å². The van der Waals surface area contributed by atoms with E-state index in [1.165, 1.54) is 12.1 Å². The average Bonchev–Trinajstić information content (AvgIpc) is 2.51. The van der Waals surface area contributed by atoms with E-state index in [1.807, 2.05) is 4.90 Å². The van der Waals surface area contributed by atoms with Crippen LogP contribution in [0.25, 0.3) is 5.57 Å². The summed E-state index contributed by atoms with van der Waals surface area (Å²) < 4.78 is 44.5. The summed E-state index contributed by atoms with van der Waals surface area (Å²) in [6.07, 6.45) is -2.80. The van der Waals surface area contributed by atoms with Crippen molar-refractivity contribution in [3.63, 3.8) is 0 Å². The molecule has 1 aliphatic rings. The topological polar surface area (TPSA) is 45.3 Å². The van der Waals surface area contributed by atoms with Gasteiger partial charge in [0, 0.05) is 30.4 Å². The normalized spacial score (nSPS) is 16.7. The van der Waals surface area contributed by atoms with E-state index in [0.29, 0.717) is 32.0 Å². The number of morpholine rings is 1. The van der Waals surface area contributed by atoms with Crippen molar-refractivity contribution in [2.75, 3.05) is 31.2 Å². The van der Waals surface area contributed by atoms with Crippen LogP contribution in [-0.2, 0) is 4.74 Å². The second-order valence-corrected chi connectivity index (χ2v) is 4.95. The van der Waals surface area contributed by atoms with Gasteiger partial charge in [-0.25, -0.2) is 0 Å². The highest BCUT2D eigenvalue weighted by atomic mass is 19.4. The van der Waals surface area contributed by atoms with E-state index in [0.717, 1.165) is 12.2 Å². The number of hydrogen-bond acceptors (Lipinski definition) is 3. The summed E-state index contributed by atoms with van der Waals surface area (Å²) >= 11 is 0. The molecule has 1 aliphatic heterocycles. The quantitative estimate of drug-likeness (QED) is 0.866. The van der Waals surface area contributed by atoms with Crippen LogP contribution in [0.4, 0.5) is 18.9 Å². The Morgan fingerprint density at radius 1 is 1.22 bits per heavy atom. The average molecular weight is 326 g/mol. The van der Waals surface area contributed by atoms with Crippen LogP contribution in [0.5, 0.6) is 0 Å². The molecule has 0 spiro atoms. The molecule has 2 rings (SSSR count). The van der Waals surface area contributed by atoms with Gasteiger partial charge in [-0.05, 0) is 6.07 Å². The third kappa shape index (κ3) is 3.92. The molecule has 1 aromatic heterocycles. The van der Waals surface area contributed by atoms with E-state index in [9.17, 15) is 18.0 Å². The Hall–Kier alpha value is -2.28. The predicted octanol–water partition coefficient (Wildman–Crippen LogP) is 2.90. The fourth-order valence-electron chi connectivity index (χ4n) is 2.42. The molecular weight excluding hydrogens is 309 g/mol. The van der Waals surface area contributed by atoms with Gasteiger partial charge in [0.25, 0.3) is 0 Å². The number of halogens is 3. The van der Waals surface area contributed by atoms with E-state index in [-0.39, 0.29) is 11.3 Å². The van der Waals surface area contributed by atoms with Crippen molar-refractivity contribution in [3.8, 4) is 0 Å². The minimum absolute atomic E-state index is 0.0567. The number of nitrogens with zero attached hydrogens (tertiary/aromatic N) is 1. The Balaban J connectivity index is 2.55.